The average molecular weight is 358 g/mol. The zero-order valence-corrected chi connectivity index (χ0v) is 13.2. The van der Waals surface area contributed by atoms with E-state index in [1.54, 1.807) is 6.92 Å². The molecule has 0 unspecified atom stereocenters. The van der Waals surface area contributed by atoms with Crippen molar-refractivity contribution in [3.05, 3.63) is 28.8 Å². The lowest BCUT2D eigenvalue weighted by molar-refractivity contribution is -0.290. The van der Waals surface area contributed by atoms with Crippen LogP contribution in [0.25, 0.3) is 0 Å². The molecule has 1 aromatic carbocycles. The number of halogens is 5. The van der Waals surface area contributed by atoms with E-state index in [1.807, 2.05) is 0 Å². The quantitative estimate of drug-likeness (QED) is 0.779. The topological polar surface area (TPSA) is 54.4 Å². The molecule has 23 heavy (non-hydrogen) atoms. The zero-order valence-electron chi connectivity index (χ0n) is 12.3. The first kappa shape index (κ1) is 19.5. The summed E-state index contributed by atoms with van der Waals surface area (Å²) in [6.07, 6.45) is -5.72. The van der Waals surface area contributed by atoms with Crippen LogP contribution < -0.4 is 0 Å². The summed E-state index contributed by atoms with van der Waals surface area (Å²) >= 11 is 0. The van der Waals surface area contributed by atoms with Gasteiger partial charge in [0, 0.05) is 11.3 Å². The molecule has 0 spiro atoms. The molecule has 0 aliphatic rings. The summed E-state index contributed by atoms with van der Waals surface area (Å²) in [5.41, 5.74) is -2.13. The SMILES string of the molecule is CCC[S@@](=O)c1c(C(F)(F)C(F)(F)F)ccc(C(=O)O)c1CC. The first-order valence-electron chi connectivity index (χ1n) is 6.71. The zero-order chi connectivity index (χ0) is 18.0. The van der Waals surface area contributed by atoms with Gasteiger partial charge in [0.2, 0.25) is 0 Å². The standard InChI is InChI=1S/C14H15F5O3S/c1-3-7-23(22)11-8(4-2)9(12(20)21)5-6-10(11)13(15,16)14(17,18)19/h5-6H,3-4,7H2,1-2H3,(H,20,21)/t23-/m1/s1. The molecule has 1 rings (SSSR count). The fraction of sp³-hybridized carbons (Fsp3) is 0.500. The molecular weight excluding hydrogens is 343 g/mol. The van der Waals surface area contributed by atoms with Crippen molar-refractivity contribution in [2.24, 2.45) is 0 Å². The Kier molecular flexibility index (Phi) is 5.89. The summed E-state index contributed by atoms with van der Waals surface area (Å²) in [7, 11) is -2.16. The predicted octanol–water partition coefficient (Wildman–Crippen LogP) is 4.12. The molecule has 0 heterocycles. The van der Waals surface area contributed by atoms with E-state index in [2.05, 4.69) is 0 Å². The Labute approximate surface area is 132 Å². The Morgan fingerprint density at radius 2 is 1.74 bits per heavy atom. The molecule has 3 nitrogen and oxygen atoms in total. The number of alkyl halides is 5. The van der Waals surface area contributed by atoms with E-state index in [0.29, 0.717) is 12.1 Å². The Morgan fingerprint density at radius 3 is 2.13 bits per heavy atom. The Balaban J connectivity index is 3.78. The molecule has 0 aliphatic heterocycles. The summed E-state index contributed by atoms with van der Waals surface area (Å²) < 4.78 is 77.8. The van der Waals surface area contributed by atoms with E-state index in [0.717, 1.165) is 0 Å². The second-order valence-electron chi connectivity index (χ2n) is 4.75. The maximum atomic E-state index is 13.8. The average Bonchev–Trinajstić information content (AvgIpc) is 2.44. The van der Waals surface area contributed by atoms with Crippen molar-refractivity contribution >= 4 is 16.8 Å². The van der Waals surface area contributed by atoms with Crippen LogP contribution >= 0.6 is 0 Å². The second kappa shape index (κ2) is 6.94. The second-order valence-corrected chi connectivity index (χ2v) is 6.26. The van der Waals surface area contributed by atoms with Crippen LogP contribution in [0.5, 0.6) is 0 Å². The third kappa shape index (κ3) is 3.70. The summed E-state index contributed by atoms with van der Waals surface area (Å²) in [5.74, 6) is -6.83. The molecular formula is C14H15F5O3S. The van der Waals surface area contributed by atoms with Gasteiger partial charge in [-0.05, 0) is 24.5 Å². The Bertz CT molecular complexity index is 626. The van der Waals surface area contributed by atoms with Gasteiger partial charge < -0.3 is 5.11 Å². The van der Waals surface area contributed by atoms with Gasteiger partial charge in [0.1, 0.15) is 0 Å². The van der Waals surface area contributed by atoms with E-state index in [1.165, 1.54) is 6.92 Å². The van der Waals surface area contributed by atoms with E-state index in [-0.39, 0.29) is 24.2 Å². The fourth-order valence-corrected chi connectivity index (χ4v) is 3.67. The molecule has 1 aromatic rings. The summed E-state index contributed by atoms with van der Waals surface area (Å²) in [6, 6.07) is 1.10. The number of carbonyl (C=O) groups is 1. The summed E-state index contributed by atoms with van der Waals surface area (Å²) in [5, 5.41) is 9.08. The van der Waals surface area contributed by atoms with Crippen LogP contribution in [0.4, 0.5) is 22.0 Å². The molecule has 1 atom stereocenters. The van der Waals surface area contributed by atoms with Crippen LogP contribution in [-0.4, -0.2) is 27.2 Å². The number of aromatic carboxylic acids is 1. The summed E-state index contributed by atoms with van der Waals surface area (Å²) in [4.78, 5) is 10.4. The number of rotatable bonds is 6. The molecule has 0 radical (unpaired) electrons. The van der Waals surface area contributed by atoms with E-state index in [4.69, 9.17) is 5.11 Å². The van der Waals surface area contributed by atoms with Crippen LogP contribution in [0.2, 0.25) is 0 Å². The van der Waals surface area contributed by atoms with Crippen LogP contribution in [0.1, 0.15) is 41.8 Å². The number of hydrogen-bond acceptors (Lipinski definition) is 2. The van der Waals surface area contributed by atoms with E-state index >= 15 is 0 Å². The summed E-state index contributed by atoms with van der Waals surface area (Å²) in [6.45, 7) is 3.00. The van der Waals surface area contributed by atoms with Crippen LogP contribution in [0.15, 0.2) is 17.0 Å². The molecule has 9 heteroatoms. The maximum absolute atomic E-state index is 13.8. The lowest BCUT2D eigenvalue weighted by Crippen LogP contribution is -2.35. The maximum Gasteiger partial charge on any atom is 0.458 e. The van der Waals surface area contributed by atoms with Crippen molar-refractivity contribution in [2.75, 3.05) is 5.75 Å². The van der Waals surface area contributed by atoms with Crippen molar-refractivity contribution in [1.29, 1.82) is 0 Å². The van der Waals surface area contributed by atoms with Crippen LogP contribution in [0.3, 0.4) is 0 Å². The first-order chi connectivity index (χ1) is 10.5. The van der Waals surface area contributed by atoms with Gasteiger partial charge in [0.15, 0.2) is 0 Å². The van der Waals surface area contributed by atoms with Gasteiger partial charge in [-0.1, -0.05) is 19.9 Å². The third-order valence-electron chi connectivity index (χ3n) is 3.16. The highest BCUT2D eigenvalue weighted by molar-refractivity contribution is 7.85. The molecule has 130 valence electrons. The highest BCUT2D eigenvalue weighted by Gasteiger charge is 2.60. The molecule has 1 N–H and O–H groups in total. The van der Waals surface area contributed by atoms with Crippen LogP contribution in [0, 0.1) is 0 Å². The molecule has 0 aromatic heterocycles. The van der Waals surface area contributed by atoms with Crippen molar-refractivity contribution < 1.29 is 36.1 Å². The van der Waals surface area contributed by atoms with Gasteiger partial charge >= 0.3 is 18.1 Å². The van der Waals surface area contributed by atoms with Gasteiger partial charge in [-0.15, -0.1) is 0 Å². The van der Waals surface area contributed by atoms with Gasteiger partial charge in [-0.3, -0.25) is 4.21 Å². The minimum atomic E-state index is -5.87. The minimum Gasteiger partial charge on any atom is -0.478 e. The third-order valence-corrected chi connectivity index (χ3v) is 4.86. The molecule has 0 bridgehead atoms. The highest BCUT2D eigenvalue weighted by Crippen LogP contribution is 2.46. The highest BCUT2D eigenvalue weighted by atomic mass is 32.2. The molecule has 0 saturated heterocycles. The molecule has 0 aliphatic carbocycles. The normalized spacial score (nSPS) is 13.9. The van der Waals surface area contributed by atoms with Crippen molar-refractivity contribution in [2.45, 2.75) is 43.7 Å². The molecule has 0 fully saturated rings. The van der Waals surface area contributed by atoms with Gasteiger partial charge in [-0.25, -0.2) is 4.79 Å². The largest absolute Gasteiger partial charge is 0.478 e. The monoisotopic (exact) mass is 358 g/mol. The molecule has 0 saturated carbocycles. The number of hydrogen-bond donors (Lipinski definition) is 1. The van der Waals surface area contributed by atoms with Gasteiger partial charge in [0.05, 0.1) is 21.3 Å². The first-order valence-corrected chi connectivity index (χ1v) is 8.03. The fourth-order valence-electron chi connectivity index (χ4n) is 2.13. The predicted molar refractivity (Wildman–Crippen MR) is 74.3 cm³/mol. The smallest absolute Gasteiger partial charge is 0.458 e. The number of benzene rings is 1. The number of carboxylic acids is 1. The Morgan fingerprint density at radius 1 is 1.17 bits per heavy atom. The number of carboxylic acid groups (broad SMARTS) is 1. The van der Waals surface area contributed by atoms with Crippen molar-refractivity contribution in [3.8, 4) is 0 Å². The van der Waals surface area contributed by atoms with Crippen LogP contribution in [-0.2, 0) is 23.1 Å². The molecule has 0 amide bonds. The minimum absolute atomic E-state index is 0.131. The van der Waals surface area contributed by atoms with Crippen molar-refractivity contribution in [3.63, 3.8) is 0 Å². The van der Waals surface area contributed by atoms with E-state index in [9.17, 15) is 31.0 Å². The Hall–Kier alpha value is -1.51. The van der Waals surface area contributed by atoms with E-state index < -0.39 is 44.9 Å². The lowest BCUT2D eigenvalue weighted by atomic mass is 9.98. The lowest BCUT2D eigenvalue weighted by Gasteiger charge is -2.24. The van der Waals surface area contributed by atoms with Gasteiger partial charge in [-0.2, -0.15) is 22.0 Å². The van der Waals surface area contributed by atoms with Gasteiger partial charge in [0.25, 0.3) is 0 Å². The van der Waals surface area contributed by atoms with Crippen molar-refractivity contribution in [1.82, 2.24) is 0 Å².